The van der Waals surface area contributed by atoms with E-state index in [0.29, 0.717) is 10.7 Å². The maximum absolute atomic E-state index is 11.4. The summed E-state index contributed by atoms with van der Waals surface area (Å²) in [4.78, 5) is 22.2. The van der Waals surface area contributed by atoms with E-state index in [1.165, 1.54) is 0 Å². The fourth-order valence-corrected chi connectivity index (χ4v) is 1.19. The van der Waals surface area contributed by atoms with Crippen LogP contribution in [-0.4, -0.2) is 24.9 Å². The van der Waals surface area contributed by atoms with Gasteiger partial charge in [-0.2, -0.15) is 0 Å². The number of hydrogen-bond acceptors (Lipinski definition) is 3. The number of carbonyl (C=O) groups is 2. The van der Waals surface area contributed by atoms with Gasteiger partial charge in [-0.1, -0.05) is 23.7 Å². The Labute approximate surface area is 98.0 Å². The molecule has 1 aromatic rings. The van der Waals surface area contributed by atoms with Crippen LogP contribution in [0.4, 0.5) is 5.69 Å². The van der Waals surface area contributed by atoms with E-state index in [2.05, 4.69) is 10.6 Å². The number of hydrogen-bond donors (Lipinski definition) is 3. The fraction of sp³-hybridized carbons (Fsp3) is 0.200. The number of nitrogens with one attached hydrogen (secondary N) is 2. The molecule has 0 saturated carbocycles. The van der Waals surface area contributed by atoms with E-state index in [1.54, 1.807) is 24.3 Å². The average Bonchev–Trinajstić information content (AvgIpc) is 2.29. The Hall–Kier alpha value is -1.59. The van der Waals surface area contributed by atoms with Crippen LogP contribution in [0.25, 0.3) is 0 Å². The third-order valence-corrected chi connectivity index (χ3v) is 2.11. The lowest BCUT2D eigenvalue weighted by Crippen LogP contribution is -2.36. The monoisotopic (exact) mass is 241 g/mol. The molecule has 4 N–H and O–H groups in total. The van der Waals surface area contributed by atoms with Gasteiger partial charge < -0.3 is 16.4 Å². The molecule has 86 valence electrons. The van der Waals surface area contributed by atoms with Crippen molar-refractivity contribution in [2.24, 2.45) is 5.73 Å². The van der Waals surface area contributed by atoms with Gasteiger partial charge >= 0.3 is 0 Å². The summed E-state index contributed by atoms with van der Waals surface area (Å²) in [6, 6.07) is 6.84. The van der Waals surface area contributed by atoms with E-state index in [0.717, 1.165) is 0 Å². The van der Waals surface area contributed by atoms with Gasteiger partial charge in [-0.15, -0.1) is 0 Å². The van der Waals surface area contributed by atoms with Crippen LogP contribution in [0.1, 0.15) is 0 Å². The van der Waals surface area contributed by atoms with Gasteiger partial charge in [0.25, 0.3) is 0 Å². The normalized spacial score (nSPS) is 9.62. The Morgan fingerprint density at radius 1 is 1.25 bits per heavy atom. The minimum absolute atomic E-state index is 0.124. The minimum Gasteiger partial charge on any atom is -0.346 e. The summed E-state index contributed by atoms with van der Waals surface area (Å²) in [6.45, 7) is -0.263. The molecule has 0 saturated heterocycles. The number of carbonyl (C=O) groups excluding carboxylic acids is 2. The lowest BCUT2D eigenvalue weighted by Gasteiger charge is -2.07. The van der Waals surface area contributed by atoms with Crippen molar-refractivity contribution in [3.63, 3.8) is 0 Å². The molecule has 0 heterocycles. The van der Waals surface area contributed by atoms with Gasteiger partial charge in [-0.3, -0.25) is 9.59 Å². The van der Waals surface area contributed by atoms with Crippen LogP contribution in [0.3, 0.4) is 0 Å². The lowest BCUT2D eigenvalue weighted by molar-refractivity contribution is -0.123. The van der Waals surface area contributed by atoms with Crippen molar-refractivity contribution in [1.82, 2.24) is 5.32 Å². The molecule has 16 heavy (non-hydrogen) atoms. The highest BCUT2D eigenvalue weighted by molar-refractivity contribution is 6.33. The highest BCUT2D eigenvalue weighted by Crippen LogP contribution is 2.19. The first-order chi connectivity index (χ1) is 7.63. The van der Waals surface area contributed by atoms with Gasteiger partial charge in [0.15, 0.2) is 0 Å². The van der Waals surface area contributed by atoms with Crippen molar-refractivity contribution in [3.05, 3.63) is 29.3 Å². The van der Waals surface area contributed by atoms with E-state index >= 15 is 0 Å². The Morgan fingerprint density at radius 2 is 1.94 bits per heavy atom. The molecule has 0 atom stereocenters. The summed E-state index contributed by atoms with van der Waals surface area (Å²) in [5.41, 5.74) is 5.58. The number of benzene rings is 1. The Bertz CT molecular complexity index is 395. The maximum atomic E-state index is 11.4. The summed E-state index contributed by atoms with van der Waals surface area (Å²) >= 11 is 5.84. The van der Waals surface area contributed by atoms with Gasteiger partial charge in [0.2, 0.25) is 11.8 Å². The van der Waals surface area contributed by atoms with Crippen molar-refractivity contribution < 1.29 is 9.59 Å². The van der Waals surface area contributed by atoms with Gasteiger partial charge in [-0.05, 0) is 12.1 Å². The molecule has 0 aliphatic heterocycles. The number of amides is 2. The second-order valence-electron chi connectivity index (χ2n) is 3.01. The van der Waals surface area contributed by atoms with Gasteiger partial charge in [-0.25, -0.2) is 0 Å². The van der Waals surface area contributed by atoms with E-state index < -0.39 is 0 Å². The molecule has 1 rings (SSSR count). The third-order valence-electron chi connectivity index (χ3n) is 1.78. The molecule has 0 fully saturated rings. The lowest BCUT2D eigenvalue weighted by atomic mass is 10.3. The van der Waals surface area contributed by atoms with E-state index in [4.69, 9.17) is 17.3 Å². The second kappa shape index (κ2) is 6.09. The van der Waals surface area contributed by atoms with Crippen LogP contribution in [0, 0.1) is 0 Å². The number of anilines is 1. The highest BCUT2D eigenvalue weighted by Gasteiger charge is 2.06. The first kappa shape index (κ1) is 12.5. The van der Waals surface area contributed by atoms with Crippen LogP contribution in [0.2, 0.25) is 5.02 Å². The van der Waals surface area contributed by atoms with E-state index in [1.807, 2.05) is 0 Å². The fourth-order valence-electron chi connectivity index (χ4n) is 1.01. The summed E-state index contributed by atoms with van der Waals surface area (Å²) in [6.07, 6.45) is 0. The van der Waals surface area contributed by atoms with Crippen molar-refractivity contribution in [1.29, 1.82) is 0 Å². The summed E-state index contributed by atoms with van der Waals surface area (Å²) in [5, 5.41) is 5.36. The number of para-hydroxylation sites is 1. The van der Waals surface area contributed by atoms with Gasteiger partial charge in [0.1, 0.15) is 0 Å². The van der Waals surface area contributed by atoms with E-state index in [-0.39, 0.29) is 24.9 Å². The zero-order chi connectivity index (χ0) is 12.0. The standard InChI is InChI=1S/C10H12ClN3O2/c11-7-3-1-2-4-8(7)14-10(16)6-13-9(15)5-12/h1-4H,5-6,12H2,(H,13,15)(H,14,16). The average molecular weight is 242 g/mol. The van der Waals surface area contributed by atoms with Gasteiger partial charge in [0, 0.05) is 0 Å². The zero-order valence-corrected chi connectivity index (χ0v) is 9.25. The molecular formula is C10H12ClN3O2. The molecule has 1 aromatic carbocycles. The molecule has 0 bridgehead atoms. The van der Waals surface area contributed by atoms with Crippen LogP contribution in [0.15, 0.2) is 24.3 Å². The summed E-state index contributed by atoms with van der Waals surface area (Å²) < 4.78 is 0. The maximum Gasteiger partial charge on any atom is 0.243 e. The SMILES string of the molecule is NCC(=O)NCC(=O)Nc1ccccc1Cl. The molecule has 0 aliphatic rings. The zero-order valence-electron chi connectivity index (χ0n) is 8.50. The highest BCUT2D eigenvalue weighted by atomic mass is 35.5. The number of halogens is 1. The van der Waals surface area contributed by atoms with Crippen LogP contribution in [-0.2, 0) is 9.59 Å². The first-order valence-corrected chi connectivity index (χ1v) is 5.02. The number of nitrogens with two attached hydrogens (primary N) is 1. The predicted octanol–water partition coefficient (Wildman–Crippen LogP) is 0.353. The molecule has 0 spiro atoms. The largest absolute Gasteiger partial charge is 0.346 e. The van der Waals surface area contributed by atoms with E-state index in [9.17, 15) is 9.59 Å². The van der Waals surface area contributed by atoms with Crippen LogP contribution in [0.5, 0.6) is 0 Å². The van der Waals surface area contributed by atoms with Crippen LogP contribution >= 0.6 is 11.6 Å². The van der Waals surface area contributed by atoms with Crippen molar-refractivity contribution >= 4 is 29.1 Å². The molecule has 0 aliphatic carbocycles. The molecule has 6 heteroatoms. The number of rotatable bonds is 4. The minimum atomic E-state index is -0.380. The van der Waals surface area contributed by atoms with Gasteiger partial charge in [0.05, 0.1) is 23.8 Å². The quantitative estimate of drug-likeness (QED) is 0.711. The molecule has 2 amide bonds. The molecular weight excluding hydrogens is 230 g/mol. The van der Waals surface area contributed by atoms with Crippen molar-refractivity contribution in [2.45, 2.75) is 0 Å². The van der Waals surface area contributed by atoms with Crippen LogP contribution < -0.4 is 16.4 Å². The van der Waals surface area contributed by atoms with Crippen molar-refractivity contribution in [2.75, 3.05) is 18.4 Å². The first-order valence-electron chi connectivity index (χ1n) is 4.64. The smallest absolute Gasteiger partial charge is 0.243 e. The second-order valence-corrected chi connectivity index (χ2v) is 3.42. The molecule has 0 unspecified atom stereocenters. The Morgan fingerprint density at radius 3 is 2.56 bits per heavy atom. The Kier molecular flexibility index (Phi) is 4.75. The molecule has 0 aromatic heterocycles. The predicted molar refractivity (Wildman–Crippen MR) is 62.1 cm³/mol. The summed E-state index contributed by atoms with van der Waals surface area (Å²) in [5.74, 6) is -0.732. The summed E-state index contributed by atoms with van der Waals surface area (Å²) in [7, 11) is 0. The molecule has 0 radical (unpaired) electrons. The van der Waals surface area contributed by atoms with Crippen molar-refractivity contribution in [3.8, 4) is 0 Å². The molecule has 5 nitrogen and oxygen atoms in total. The topological polar surface area (TPSA) is 84.2 Å². The Balaban J connectivity index is 2.46. The third kappa shape index (κ3) is 3.88.